The third-order valence-electron chi connectivity index (χ3n) is 3.13. The molecule has 2 heteroatoms. The number of pyridine rings is 1. The van der Waals surface area contributed by atoms with Crippen LogP contribution in [0.25, 0.3) is 0 Å². The Bertz CT molecular complexity index is 333. The van der Waals surface area contributed by atoms with E-state index in [0.717, 1.165) is 17.0 Å². The second-order valence-corrected chi connectivity index (χ2v) is 4.68. The predicted molar refractivity (Wildman–Crippen MR) is 62.7 cm³/mol. The highest BCUT2D eigenvalue weighted by molar-refractivity contribution is 5.24. The van der Waals surface area contributed by atoms with Crippen LogP contribution in [0.5, 0.6) is 0 Å². The molecule has 0 amide bonds. The Morgan fingerprint density at radius 1 is 1.13 bits per heavy atom. The minimum Gasteiger partial charge on any atom is -0.388 e. The van der Waals surface area contributed by atoms with Crippen molar-refractivity contribution in [2.45, 2.75) is 40.7 Å². The summed E-state index contributed by atoms with van der Waals surface area (Å²) in [6, 6.07) is 3.94. The Balaban J connectivity index is 2.96. The van der Waals surface area contributed by atoms with E-state index >= 15 is 0 Å². The molecule has 1 aromatic heterocycles. The van der Waals surface area contributed by atoms with Crippen LogP contribution in [0.15, 0.2) is 12.1 Å². The largest absolute Gasteiger partial charge is 0.388 e. The van der Waals surface area contributed by atoms with E-state index in [9.17, 15) is 5.11 Å². The number of aliphatic hydroxyl groups excluding tert-OH is 1. The zero-order valence-electron chi connectivity index (χ0n) is 10.3. The number of aromatic nitrogens is 1. The summed E-state index contributed by atoms with van der Waals surface area (Å²) >= 11 is 0. The molecular weight excluding hydrogens is 186 g/mol. The molecule has 1 N–H and O–H groups in total. The molecule has 2 unspecified atom stereocenters. The van der Waals surface area contributed by atoms with E-state index in [-0.39, 0.29) is 5.92 Å². The van der Waals surface area contributed by atoms with Gasteiger partial charge in [0.1, 0.15) is 0 Å². The third-order valence-corrected chi connectivity index (χ3v) is 3.13. The van der Waals surface area contributed by atoms with Crippen molar-refractivity contribution in [3.05, 3.63) is 29.1 Å². The van der Waals surface area contributed by atoms with E-state index in [1.54, 1.807) is 0 Å². The third kappa shape index (κ3) is 2.78. The van der Waals surface area contributed by atoms with Crippen LogP contribution in [0, 0.1) is 25.7 Å². The highest BCUT2D eigenvalue weighted by atomic mass is 16.3. The van der Waals surface area contributed by atoms with Gasteiger partial charge in [0.25, 0.3) is 0 Å². The van der Waals surface area contributed by atoms with Crippen molar-refractivity contribution in [1.82, 2.24) is 4.98 Å². The Labute approximate surface area is 92.4 Å². The SMILES string of the molecule is Cc1ccc(C(O)C(C)C(C)C)c(C)n1. The maximum Gasteiger partial charge on any atom is 0.0835 e. The standard InChI is InChI=1S/C13H21NO/c1-8(2)10(4)13(15)12-7-6-9(3)14-11(12)5/h6-8,10,13,15H,1-5H3. The summed E-state index contributed by atoms with van der Waals surface area (Å²) in [4.78, 5) is 4.38. The fourth-order valence-electron chi connectivity index (χ4n) is 1.66. The van der Waals surface area contributed by atoms with Gasteiger partial charge in [-0.3, -0.25) is 4.98 Å². The number of hydrogen-bond donors (Lipinski definition) is 1. The highest BCUT2D eigenvalue weighted by Crippen LogP contribution is 2.28. The minimum absolute atomic E-state index is 0.258. The maximum absolute atomic E-state index is 10.2. The molecule has 0 radical (unpaired) electrons. The summed E-state index contributed by atoms with van der Waals surface area (Å²) < 4.78 is 0. The van der Waals surface area contributed by atoms with Gasteiger partial charge in [0.2, 0.25) is 0 Å². The summed E-state index contributed by atoms with van der Waals surface area (Å²) in [7, 11) is 0. The Hall–Kier alpha value is -0.890. The lowest BCUT2D eigenvalue weighted by Gasteiger charge is -2.23. The van der Waals surface area contributed by atoms with Gasteiger partial charge in [0.15, 0.2) is 0 Å². The topological polar surface area (TPSA) is 33.1 Å². The lowest BCUT2D eigenvalue weighted by atomic mass is 9.88. The average Bonchev–Trinajstić information content (AvgIpc) is 2.15. The van der Waals surface area contributed by atoms with E-state index in [4.69, 9.17) is 0 Å². The Morgan fingerprint density at radius 2 is 1.73 bits per heavy atom. The normalized spacial score (nSPS) is 15.4. The maximum atomic E-state index is 10.2. The van der Waals surface area contributed by atoms with Crippen molar-refractivity contribution in [2.24, 2.45) is 11.8 Å². The lowest BCUT2D eigenvalue weighted by Crippen LogP contribution is -2.16. The molecule has 2 atom stereocenters. The molecule has 84 valence electrons. The molecule has 0 saturated carbocycles. The van der Waals surface area contributed by atoms with Gasteiger partial charge in [-0.25, -0.2) is 0 Å². The summed E-state index contributed by atoms with van der Waals surface area (Å²) in [6.07, 6.45) is -0.405. The van der Waals surface area contributed by atoms with Gasteiger partial charge in [0, 0.05) is 17.0 Å². The molecule has 0 aliphatic rings. The second-order valence-electron chi connectivity index (χ2n) is 4.68. The first kappa shape index (κ1) is 12.2. The van der Waals surface area contributed by atoms with Gasteiger partial charge in [-0.1, -0.05) is 26.8 Å². The molecular formula is C13H21NO. The first-order chi connectivity index (χ1) is 6.93. The molecule has 0 fully saturated rings. The van der Waals surface area contributed by atoms with Gasteiger partial charge in [-0.2, -0.15) is 0 Å². The summed E-state index contributed by atoms with van der Waals surface area (Å²) in [6.45, 7) is 10.3. The first-order valence-electron chi connectivity index (χ1n) is 5.55. The molecule has 1 aromatic rings. The van der Waals surface area contributed by atoms with Crippen LogP contribution in [0.4, 0.5) is 0 Å². The first-order valence-corrected chi connectivity index (χ1v) is 5.55. The molecule has 1 rings (SSSR count). The van der Waals surface area contributed by atoms with Crippen molar-refractivity contribution in [1.29, 1.82) is 0 Å². The smallest absolute Gasteiger partial charge is 0.0835 e. The van der Waals surface area contributed by atoms with Crippen molar-refractivity contribution in [3.63, 3.8) is 0 Å². The van der Waals surface area contributed by atoms with Crippen molar-refractivity contribution >= 4 is 0 Å². The molecule has 1 heterocycles. The van der Waals surface area contributed by atoms with Crippen LogP contribution in [0.2, 0.25) is 0 Å². The molecule has 0 bridgehead atoms. The molecule has 15 heavy (non-hydrogen) atoms. The van der Waals surface area contributed by atoms with Crippen molar-refractivity contribution < 1.29 is 5.11 Å². The van der Waals surface area contributed by atoms with Crippen molar-refractivity contribution in [3.8, 4) is 0 Å². The monoisotopic (exact) mass is 207 g/mol. The van der Waals surface area contributed by atoms with Crippen LogP contribution in [-0.2, 0) is 0 Å². The van der Waals surface area contributed by atoms with E-state index in [2.05, 4.69) is 25.8 Å². The second kappa shape index (κ2) is 4.75. The van der Waals surface area contributed by atoms with E-state index < -0.39 is 6.10 Å². The van der Waals surface area contributed by atoms with E-state index in [1.807, 2.05) is 26.0 Å². The van der Waals surface area contributed by atoms with E-state index in [1.165, 1.54) is 0 Å². The van der Waals surface area contributed by atoms with Gasteiger partial charge in [-0.05, 0) is 31.7 Å². The van der Waals surface area contributed by atoms with Crippen molar-refractivity contribution in [2.75, 3.05) is 0 Å². The van der Waals surface area contributed by atoms with Crippen LogP contribution in [-0.4, -0.2) is 10.1 Å². The lowest BCUT2D eigenvalue weighted by molar-refractivity contribution is 0.0911. The van der Waals surface area contributed by atoms with Crippen LogP contribution in [0.1, 0.15) is 43.8 Å². The fraction of sp³-hybridized carbons (Fsp3) is 0.615. The molecule has 0 aromatic carbocycles. The summed E-state index contributed by atoms with van der Waals surface area (Å²) in [5.74, 6) is 0.730. The Kier molecular flexibility index (Phi) is 3.86. The number of aliphatic hydroxyl groups is 1. The number of rotatable bonds is 3. The highest BCUT2D eigenvalue weighted by Gasteiger charge is 2.21. The number of aryl methyl sites for hydroxylation is 2. The molecule has 0 aliphatic heterocycles. The predicted octanol–water partition coefficient (Wildman–Crippen LogP) is 3.02. The molecule has 0 saturated heterocycles. The fourth-order valence-corrected chi connectivity index (χ4v) is 1.66. The quantitative estimate of drug-likeness (QED) is 0.826. The van der Waals surface area contributed by atoms with Crippen LogP contribution >= 0.6 is 0 Å². The molecule has 0 spiro atoms. The van der Waals surface area contributed by atoms with Gasteiger partial charge < -0.3 is 5.11 Å². The zero-order valence-corrected chi connectivity index (χ0v) is 10.3. The van der Waals surface area contributed by atoms with Crippen LogP contribution in [0.3, 0.4) is 0 Å². The molecule has 2 nitrogen and oxygen atoms in total. The number of hydrogen-bond acceptors (Lipinski definition) is 2. The van der Waals surface area contributed by atoms with E-state index in [0.29, 0.717) is 5.92 Å². The van der Waals surface area contributed by atoms with Crippen LogP contribution < -0.4 is 0 Å². The van der Waals surface area contributed by atoms with Gasteiger partial charge in [0.05, 0.1) is 6.10 Å². The average molecular weight is 207 g/mol. The number of nitrogens with zero attached hydrogens (tertiary/aromatic N) is 1. The molecule has 0 aliphatic carbocycles. The minimum atomic E-state index is -0.405. The summed E-state index contributed by atoms with van der Waals surface area (Å²) in [5.41, 5.74) is 2.90. The van der Waals surface area contributed by atoms with Gasteiger partial charge in [-0.15, -0.1) is 0 Å². The zero-order chi connectivity index (χ0) is 11.6. The van der Waals surface area contributed by atoms with Gasteiger partial charge >= 0.3 is 0 Å². The Morgan fingerprint density at radius 3 is 2.20 bits per heavy atom. The summed E-state index contributed by atoms with van der Waals surface area (Å²) in [5, 5.41) is 10.2.